The molecule has 2 aromatic heterocycles. The van der Waals surface area contributed by atoms with Gasteiger partial charge < -0.3 is 15.0 Å². The minimum absolute atomic E-state index is 0.0324. The number of carbonyl (C=O) groups is 2. The fourth-order valence-electron chi connectivity index (χ4n) is 4.17. The Hall–Kier alpha value is -2.25. The molecule has 1 N–H and O–H groups in total. The van der Waals surface area contributed by atoms with Crippen molar-refractivity contribution in [2.75, 3.05) is 31.6 Å². The number of hydrogen-bond acceptors (Lipinski definition) is 5. The number of hydrogen-bond donors (Lipinski definition) is 1. The maximum absolute atomic E-state index is 13.1. The van der Waals surface area contributed by atoms with Crippen LogP contribution >= 0.6 is 11.3 Å². The van der Waals surface area contributed by atoms with Crippen molar-refractivity contribution in [2.45, 2.75) is 19.8 Å². The van der Waals surface area contributed by atoms with Crippen LogP contribution in [0.5, 0.6) is 0 Å². The van der Waals surface area contributed by atoms with Crippen LogP contribution in [-0.2, 0) is 9.53 Å². The molecule has 142 valence electrons. The number of carbonyl (C=O) groups excluding carboxylic acids is 2. The maximum atomic E-state index is 13.1. The van der Waals surface area contributed by atoms with Crippen LogP contribution in [0.25, 0.3) is 0 Å². The summed E-state index contributed by atoms with van der Waals surface area (Å²) in [6, 6.07) is 5.59. The molecule has 4 rings (SSSR count). The van der Waals surface area contributed by atoms with Gasteiger partial charge in [-0.1, -0.05) is 0 Å². The van der Waals surface area contributed by atoms with Crippen LogP contribution in [0.1, 0.15) is 28.1 Å². The minimum atomic E-state index is -0.245. The molecule has 1 atom stereocenters. The normalized spacial score (nSPS) is 21.4. The number of nitrogens with one attached hydrogen (secondary N) is 1. The van der Waals surface area contributed by atoms with Gasteiger partial charge in [0.05, 0.1) is 22.7 Å². The number of aromatic nitrogens is 1. The zero-order valence-corrected chi connectivity index (χ0v) is 16.1. The van der Waals surface area contributed by atoms with Crippen molar-refractivity contribution in [1.29, 1.82) is 0 Å². The summed E-state index contributed by atoms with van der Waals surface area (Å²) in [6.45, 7) is 4.28. The lowest BCUT2D eigenvalue weighted by Gasteiger charge is -2.37. The van der Waals surface area contributed by atoms with Gasteiger partial charge in [0, 0.05) is 37.9 Å². The van der Waals surface area contributed by atoms with Gasteiger partial charge in [0.25, 0.3) is 5.91 Å². The van der Waals surface area contributed by atoms with E-state index in [1.54, 1.807) is 18.5 Å². The van der Waals surface area contributed by atoms with E-state index in [4.69, 9.17) is 4.74 Å². The second kappa shape index (κ2) is 7.40. The monoisotopic (exact) mass is 385 g/mol. The minimum Gasteiger partial charge on any atom is -0.381 e. The van der Waals surface area contributed by atoms with Crippen LogP contribution in [0.2, 0.25) is 0 Å². The Bertz CT molecular complexity index is 830. The van der Waals surface area contributed by atoms with E-state index in [9.17, 15) is 9.59 Å². The number of thiophene rings is 1. The molecule has 0 aromatic carbocycles. The third-order valence-electron chi connectivity index (χ3n) is 5.73. The molecule has 2 aliphatic rings. The van der Waals surface area contributed by atoms with E-state index in [1.807, 2.05) is 29.3 Å². The number of nitrogens with zero attached hydrogens (tertiary/aromatic N) is 2. The summed E-state index contributed by atoms with van der Waals surface area (Å²) in [5.74, 6) is -0.251. The quantitative estimate of drug-likeness (QED) is 0.882. The summed E-state index contributed by atoms with van der Waals surface area (Å²) < 4.78 is 5.55. The Morgan fingerprint density at radius 1 is 1.33 bits per heavy atom. The van der Waals surface area contributed by atoms with Crippen LogP contribution < -0.4 is 5.32 Å². The number of pyridine rings is 1. The van der Waals surface area contributed by atoms with Crippen molar-refractivity contribution in [3.05, 3.63) is 46.4 Å². The molecule has 6 nitrogen and oxygen atoms in total. The van der Waals surface area contributed by atoms with Crippen LogP contribution in [-0.4, -0.2) is 48.0 Å². The molecule has 0 aliphatic carbocycles. The van der Waals surface area contributed by atoms with Gasteiger partial charge in [0.1, 0.15) is 0 Å². The SMILES string of the molecule is Cc1ccsc1C(=O)N1C[C@@H](C(=O)Nc2cccnc2)C2(CCOCC2)C1. The fourth-order valence-corrected chi connectivity index (χ4v) is 5.06. The van der Waals surface area contributed by atoms with Crippen LogP contribution in [0.15, 0.2) is 36.0 Å². The van der Waals surface area contributed by atoms with Crippen molar-refractivity contribution >= 4 is 28.8 Å². The van der Waals surface area contributed by atoms with E-state index in [0.717, 1.165) is 23.3 Å². The third-order valence-corrected chi connectivity index (χ3v) is 6.73. The van der Waals surface area contributed by atoms with Gasteiger partial charge in [-0.15, -0.1) is 11.3 Å². The summed E-state index contributed by atoms with van der Waals surface area (Å²) in [4.78, 5) is 32.8. The van der Waals surface area contributed by atoms with Crippen LogP contribution in [0, 0.1) is 18.3 Å². The van der Waals surface area contributed by atoms with Crippen LogP contribution in [0.3, 0.4) is 0 Å². The highest BCUT2D eigenvalue weighted by atomic mass is 32.1. The van der Waals surface area contributed by atoms with Crippen molar-refractivity contribution in [1.82, 2.24) is 9.88 Å². The summed E-state index contributed by atoms with van der Waals surface area (Å²) in [5, 5.41) is 4.92. The molecular formula is C20H23N3O3S. The van der Waals surface area contributed by atoms with E-state index in [-0.39, 0.29) is 23.1 Å². The number of rotatable bonds is 3. The largest absolute Gasteiger partial charge is 0.381 e. The summed E-state index contributed by atoms with van der Waals surface area (Å²) in [7, 11) is 0. The molecular weight excluding hydrogens is 362 g/mol. The van der Waals surface area contributed by atoms with Crippen molar-refractivity contribution < 1.29 is 14.3 Å². The maximum Gasteiger partial charge on any atom is 0.264 e. The first-order chi connectivity index (χ1) is 13.1. The van der Waals surface area contributed by atoms with E-state index in [2.05, 4.69) is 10.3 Å². The molecule has 0 saturated carbocycles. The van der Waals surface area contributed by atoms with Gasteiger partial charge in [-0.3, -0.25) is 14.6 Å². The van der Waals surface area contributed by atoms with Gasteiger partial charge >= 0.3 is 0 Å². The molecule has 0 bridgehead atoms. The molecule has 4 heterocycles. The van der Waals surface area contributed by atoms with E-state index in [1.165, 1.54) is 11.3 Å². The van der Waals surface area contributed by atoms with Gasteiger partial charge in [-0.25, -0.2) is 0 Å². The number of likely N-dealkylation sites (tertiary alicyclic amines) is 1. The Balaban J connectivity index is 1.57. The summed E-state index contributed by atoms with van der Waals surface area (Å²) >= 11 is 1.47. The zero-order chi connectivity index (χ0) is 18.9. The number of aryl methyl sites for hydroxylation is 1. The van der Waals surface area contributed by atoms with E-state index >= 15 is 0 Å². The van der Waals surface area contributed by atoms with Crippen LogP contribution in [0.4, 0.5) is 5.69 Å². The van der Waals surface area contributed by atoms with Gasteiger partial charge in [-0.05, 0) is 48.9 Å². The molecule has 2 aromatic rings. The summed E-state index contributed by atoms with van der Waals surface area (Å²) in [5.41, 5.74) is 1.46. The highest BCUT2D eigenvalue weighted by Crippen LogP contribution is 2.45. The Morgan fingerprint density at radius 2 is 2.15 bits per heavy atom. The average Bonchev–Trinajstić information content (AvgIpc) is 3.27. The van der Waals surface area contributed by atoms with Crippen molar-refractivity contribution in [3.8, 4) is 0 Å². The first-order valence-electron chi connectivity index (χ1n) is 9.21. The molecule has 2 aliphatic heterocycles. The molecule has 0 radical (unpaired) electrons. The van der Waals surface area contributed by atoms with Gasteiger partial charge in [0.2, 0.25) is 5.91 Å². The van der Waals surface area contributed by atoms with Gasteiger partial charge in [0.15, 0.2) is 0 Å². The number of ether oxygens (including phenoxy) is 1. The Kier molecular flexibility index (Phi) is 4.97. The standard InChI is InChI=1S/C20H23N3O3S/c1-14-4-10-27-17(14)19(25)23-12-16(20(13-23)5-8-26-9-6-20)18(24)22-15-3-2-7-21-11-15/h2-4,7,10-11,16H,5-6,8-9,12-13H2,1H3,(H,22,24)/t16-/m0/s1. The van der Waals surface area contributed by atoms with E-state index < -0.39 is 0 Å². The Labute approximate surface area is 162 Å². The molecule has 2 saturated heterocycles. The first-order valence-corrected chi connectivity index (χ1v) is 10.1. The van der Waals surface area contributed by atoms with Crippen molar-refractivity contribution in [3.63, 3.8) is 0 Å². The molecule has 7 heteroatoms. The Morgan fingerprint density at radius 3 is 2.81 bits per heavy atom. The number of anilines is 1. The smallest absolute Gasteiger partial charge is 0.264 e. The fraction of sp³-hybridized carbons (Fsp3) is 0.450. The topological polar surface area (TPSA) is 71.5 Å². The van der Waals surface area contributed by atoms with Gasteiger partial charge in [-0.2, -0.15) is 0 Å². The second-order valence-electron chi connectivity index (χ2n) is 7.38. The molecule has 2 amide bonds. The lowest BCUT2D eigenvalue weighted by atomic mass is 9.71. The lowest BCUT2D eigenvalue weighted by molar-refractivity contribution is -0.124. The lowest BCUT2D eigenvalue weighted by Crippen LogP contribution is -2.42. The molecule has 0 unspecified atom stereocenters. The summed E-state index contributed by atoms with van der Waals surface area (Å²) in [6.07, 6.45) is 4.91. The average molecular weight is 385 g/mol. The van der Waals surface area contributed by atoms with E-state index in [0.29, 0.717) is 32.0 Å². The predicted octanol–water partition coefficient (Wildman–Crippen LogP) is 2.96. The highest BCUT2D eigenvalue weighted by molar-refractivity contribution is 7.12. The molecule has 1 spiro atoms. The predicted molar refractivity (Wildman–Crippen MR) is 104 cm³/mol. The molecule has 27 heavy (non-hydrogen) atoms. The highest BCUT2D eigenvalue weighted by Gasteiger charge is 2.52. The van der Waals surface area contributed by atoms with Crippen molar-refractivity contribution in [2.24, 2.45) is 11.3 Å². The zero-order valence-electron chi connectivity index (χ0n) is 15.3. The second-order valence-corrected chi connectivity index (χ2v) is 8.29. The molecule has 2 fully saturated rings. The first kappa shape index (κ1) is 18.1. The number of amides is 2. The third kappa shape index (κ3) is 3.49.